The molecule has 1 fully saturated rings. The van der Waals surface area contributed by atoms with Crippen LogP contribution in [0.4, 0.5) is 13.2 Å². The van der Waals surface area contributed by atoms with Crippen LogP contribution in [0.5, 0.6) is 0 Å². The van der Waals surface area contributed by atoms with Crippen molar-refractivity contribution in [2.45, 2.75) is 12.5 Å². The van der Waals surface area contributed by atoms with Gasteiger partial charge in [-0.1, -0.05) is 0 Å². The summed E-state index contributed by atoms with van der Waals surface area (Å²) in [5, 5.41) is 10.2. The number of halogens is 3. The van der Waals surface area contributed by atoms with Crippen LogP contribution >= 0.6 is 0 Å². The number of aliphatic hydroxyl groups is 1. The molecule has 1 aliphatic rings. The average Bonchev–Trinajstić information content (AvgIpc) is 2.70. The Labute approximate surface area is 114 Å². The number of hydrogen-bond donors (Lipinski definition) is 2. The molecule has 20 heavy (non-hydrogen) atoms. The number of aliphatic hydroxyl groups excluding tert-OH is 1. The first kappa shape index (κ1) is 15.3. The molecule has 1 aliphatic heterocycles. The lowest BCUT2D eigenvalue weighted by molar-refractivity contribution is 0.0438. The van der Waals surface area contributed by atoms with Gasteiger partial charge in [-0.25, -0.2) is 21.6 Å². The van der Waals surface area contributed by atoms with Crippen LogP contribution in [0, 0.1) is 22.9 Å². The van der Waals surface area contributed by atoms with Gasteiger partial charge in [-0.05, 0) is 12.5 Å². The molecule has 8 heteroatoms. The zero-order chi connectivity index (χ0) is 15.1. The first-order valence-corrected chi connectivity index (χ1v) is 7.76. The second-order valence-electron chi connectivity index (χ2n) is 5.10. The topological polar surface area (TPSA) is 80.4 Å². The summed E-state index contributed by atoms with van der Waals surface area (Å²) >= 11 is 0. The Kier molecular flexibility index (Phi) is 3.83. The van der Waals surface area contributed by atoms with Gasteiger partial charge in [0.05, 0.1) is 17.6 Å². The first-order valence-electron chi connectivity index (χ1n) is 5.94. The SMILES string of the molecule is NCC1(C(O)c2cc(F)c(F)cc2F)CCS(=O)(=O)C1. The summed E-state index contributed by atoms with van der Waals surface area (Å²) in [6.45, 7) is -0.203. The minimum Gasteiger partial charge on any atom is -0.388 e. The maximum absolute atomic E-state index is 13.7. The molecular weight excluding hydrogens is 295 g/mol. The van der Waals surface area contributed by atoms with Crippen LogP contribution in [0.3, 0.4) is 0 Å². The number of benzene rings is 1. The molecule has 0 saturated carbocycles. The third-order valence-corrected chi connectivity index (χ3v) is 5.58. The van der Waals surface area contributed by atoms with Gasteiger partial charge in [-0.2, -0.15) is 0 Å². The zero-order valence-corrected chi connectivity index (χ0v) is 11.3. The number of hydrogen-bond acceptors (Lipinski definition) is 4. The molecule has 112 valence electrons. The number of nitrogens with two attached hydrogens (primary N) is 1. The van der Waals surface area contributed by atoms with Crippen LogP contribution in [0.15, 0.2) is 12.1 Å². The molecule has 1 heterocycles. The van der Waals surface area contributed by atoms with Crippen LogP contribution in [0.2, 0.25) is 0 Å². The van der Waals surface area contributed by atoms with Crippen LogP contribution in [0.25, 0.3) is 0 Å². The van der Waals surface area contributed by atoms with Gasteiger partial charge in [0.2, 0.25) is 0 Å². The molecule has 1 aromatic carbocycles. The molecule has 1 saturated heterocycles. The van der Waals surface area contributed by atoms with Crippen molar-refractivity contribution in [3.63, 3.8) is 0 Å². The monoisotopic (exact) mass is 309 g/mol. The Bertz CT molecular complexity index is 635. The van der Waals surface area contributed by atoms with E-state index < -0.39 is 50.1 Å². The van der Waals surface area contributed by atoms with E-state index in [1.807, 2.05) is 0 Å². The molecule has 2 unspecified atom stereocenters. The Balaban J connectivity index is 2.45. The molecule has 0 bridgehead atoms. The van der Waals surface area contributed by atoms with E-state index in [1.54, 1.807) is 0 Å². The van der Waals surface area contributed by atoms with Crippen molar-refractivity contribution in [1.82, 2.24) is 0 Å². The molecule has 0 amide bonds. The highest BCUT2D eigenvalue weighted by Gasteiger charge is 2.47. The van der Waals surface area contributed by atoms with E-state index in [0.29, 0.717) is 12.1 Å². The third kappa shape index (κ3) is 2.55. The molecule has 0 aromatic heterocycles. The Morgan fingerprint density at radius 2 is 1.85 bits per heavy atom. The molecular formula is C12H14F3NO3S. The highest BCUT2D eigenvalue weighted by Crippen LogP contribution is 2.43. The molecule has 1 aromatic rings. The Morgan fingerprint density at radius 1 is 1.25 bits per heavy atom. The summed E-state index contributed by atoms with van der Waals surface area (Å²) < 4.78 is 62.8. The van der Waals surface area contributed by atoms with Gasteiger partial charge >= 0.3 is 0 Å². The summed E-state index contributed by atoms with van der Waals surface area (Å²) in [6, 6.07) is 0.860. The van der Waals surface area contributed by atoms with Gasteiger partial charge in [0.1, 0.15) is 5.82 Å². The first-order chi connectivity index (χ1) is 9.21. The average molecular weight is 309 g/mol. The Morgan fingerprint density at radius 3 is 2.35 bits per heavy atom. The predicted molar refractivity (Wildman–Crippen MR) is 66.0 cm³/mol. The van der Waals surface area contributed by atoms with Gasteiger partial charge in [-0.15, -0.1) is 0 Å². The highest BCUT2D eigenvalue weighted by atomic mass is 32.2. The van der Waals surface area contributed by atoms with Crippen molar-refractivity contribution >= 4 is 9.84 Å². The van der Waals surface area contributed by atoms with Crippen molar-refractivity contribution in [3.8, 4) is 0 Å². The lowest BCUT2D eigenvalue weighted by Crippen LogP contribution is -2.38. The fourth-order valence-electron chi connectivity index (χ4n) is 2.51. The van der Waals surface area contributed by atoms with Crippen molar-refractivity contribution in [1.29, 1.82) is 0 Å². The quantitative estimate of drug-likeness (QED) is 0.813. The van der Waals surface area contributed by atoms with Crippen molar-refractivity contribution < 1.29 is 26.7 Å². The lowest BCUT2D eigenvalue weighted by atomic mass is 9.78. The van der Waals surface area contributed by atoms with Gasteiger partial charge in [0.15, 0.2) is 21.5 Å². The Hall–Kier alpha value is -1.12. The van der Waals surface area contributed by atoms with Crippen molar-refractivity contribution in [2.24, 2.45) is 11.1 Å². The van der Waals surface area contributed by atoms with Crippen LogP contribution in [-0.4, -0.2) is 31.6 Å². The molecule has 0 spiro atoms. The maximum Gasteiger partial charge on any atom is 0.161 e. The summed E-state index contributed by atoms with van der Waals surface area (Å²) in [5.74, 6) is -4.40. The standard InChI is InChI=1S/C12H14F3NO3S/c13-8-4-10(15)9(14)3-7(8)11(17)12(5-16)1-2-20(18,19)6-12/h3-4,11,17H,1-2,5-6,16H2. The van der Waals surface area contributed by atoms with Crippen molar-refractivity contribution in [2.75, 3.05) is 18.1 Å². The zero-order valence-electron chi connectivity index (χ0n) is 10.4. The molecule has 3 N–H and O–H groups in total. The van der Waals surface area contributed by atoms with Gasteiger partial charge in [0, 0.05) is 23.6 Å². The minimum absolute atomic E-state index is 0.0471. The highest BCUT2D eigenvalue weighted by molar-refractivity contribution is 7.91. The van der Waals surface area contributed by atoms with Crippen molar-refractivity contribution in [3.05, 3.63) is 35.1 Å². The summed E-state index contributed by atoms with van der Waals surface area (Å²) in [5.41, 5.74) is 3.78. The largest absolute Gasteiger partial charge is 0.388 e. The van der Waals surface area contributed by atoms with Gasteiger partial charge in [-0.3, -0.25) is 0 Å². The fourth-order valence-corrected chi connectivity index (χ4v) is 4.66. The van der Waals surface area contributed by atoms with E-state index in [2.05, 4.69) is 0 Å². The molecule has 0 aliphatic carbocycles. The normalized spacial score (nSPS) is 26.6. The second kappa shape index (κ2) is 5.01. The van der Waals surface area contributed by atoms with Gasteiger partial charge < -0.3 is 10.8 Å². The van der Waals surface area contributed by atoms with Crippen LogP contribution in [0.1, 0.15) is 18.1 Å². The van der Waals surface area contributed by atoms with E-state index in [4.69, 9.17) is 5.73 Å². The lowest BCUT2D eigenvalue weighted by Gasteiger charge is -2.32. The van der Waals surface area contributed by atoms with E-state index in [-0.39, 0.29) is 18.7 Å². The van der Waals surface area contributed by atoms with E-state index in [1.165, 1.54) is 0 Å². The summed E-state index contributed by atoms with van der Waals surface area (Å²) in [6.07, 6.45) is -1.56. The maximum atomic E-state index is 13.7. The second-order valence-corrected chi connectivity index (χ2v) is 7.28. The number of sulfone groups is 1. The third-order valence-electron chi connectivity index (χ3n) is 3.74. The summed E-state index contributed by atoms with van der Waals surface area (Å²) in [4.78, 5) is 0. The fraction of sp³-hybridized carbons (Fsp3) is 0.500. The summed E-state index contributed by atoms with van der Waals surface area (Å²) in [7, 11) is -3.38. The van der Waals surface area contributed by atoms with Crippen LogP contribution < -0.4 is 5.73 Å². The number of rotatable bonds is 3. The smallest absolute Gasteiger partial charge is 0.161 e. The molecule has 0 radical (unpaired) electrons. The minimum atomic E-state index is -3.38. The molecule has 4 nitrogen and oxygen atoms in total. The molecule has 2 rings (SSSR count). The van der Waals surface area contributed by atoms with E-state index in [0.717, 1.165) is 0 Å². The predicted octanol–water partition coefficient (Wildman–Crippen LogP) is 0.901. The van der Waals surface area contributed by atoms with Crippen LogP contribution in [-0.2, 0) is 9.84 Å². The van der Waals surface area contributed by atoms with E-state index in [9.17, 15) is 26.7 Å². The molecule has 2 atom stereocenters. The van der Waals surface area contributed by atoms with Gasteiger partial charge in [0.25, 0.3) is 0 Å². The van der Waals surface area contributed by atoms with E-state index >= 15 is 0 Å².